The van der Waals surface area contributed by atoms with E-state index in [1.54, 1.807) is 4.90 Å². The van der Waals surface area contributed by atoms with Crippen molar-refractivity contribution in [3.05, 3.63) is 41.8 Å². The number of carbonyl (C=O) groups excluding carboxylic acids is 1. The molecule has 2 aromatic heterocycles. The fourth-order valence-corrected chi connectivity index (χ4v) is 4.80. The van der Waals surface area contributed by atoms with E-state index in [9.17, 15) is 13.6 Å². The highest BCUT2D eigenvalue weighted by atomic mass is 19.3. The molecule has 0 atom stereocenters. The first kappa shape index (κ1) is 24.9. The van der Waals surface area contributed by atoms with Crippen LogP contribution in [0.4, 0.5) is 19.3 Å². The van der Waals surface area contributed by atoms with Gasteiger partial charge >= 0.3 is 6.03 Å². The third kappa shape index (κ3) is 5.86. The average Bonchev–Trinajstić information content (AvgIpc) is 3.85. The number of hydrogen-bond donors (Lipinski definition) is 0. The molecular weight excluding hydrogens is 494 g/mol. The van der Waals surface area contributed by atoms with Crippen LogP contribution in [0.5, 0.6) is 0 Å². The van der Waals surface area contributed by atoms with Crippen molar-refractivity contribution < 1.29 is 22.6 Å². The first-order valence-corrected chi connectivity index (χ1v) is 13.7. The lowest BCUT2D eigenvalue weighted by Gasteiger charge is -2.35. The zero-order valence-electron chi connectivity index (χ0n) is 21.3. The third-order valence-electron chi connectivity index (χ3n) is 7.48. The summed E-state index contributed by atoms with van der Waals surface area (Å²) in [6, 6.07) is 7.18. The highest BCUT2D eigenvalue weighted by Crippen LogP contribution is 2.39. The van der Waals surface area contributed by atoms with Crippen molar-refractivity contribution in [2.75, 3.05) is 24.5 Å². The molecule has 6 rings (SSSR count). The van der Waals surface area contributed by atoms with Gasteiger partial charge in [-0.3, -0.25) is 4.90 Å². The van der Waals surface area contributed by atoms with Gasteiger partial charge in [0.25, 0.3) is 11.8 Å². The van der Waals surface area contributed by atoms with Crippen molar-refractivity contribution in [3.63, 3.8) is 0 Å². The van der Waals surface area contributed by atoms with Crippen LogP contribution in [0.25, 0.3) is 11.5 Å². The van der Waals surface area contributed by atoms with Crippen LogP contribution < -0.4 is 4.90 Å². The van der Waals surface area contributed by atoms with Crippen molar-refractivity contribution >= 4 is 11.7 Å². The summed E-state index contributed by atoms with van der Waals surface area (Å²) in [6.45, 7) is 0.539. The van der Waals surface area contributed by atoms with Crippen LogP contribution in [0.15, 0.2) is 33.3 Å². The molecule has 0 radical (unpaired) electrons. The van der Waals surface area contributed by atoms with Gasteiger partial charge in [0.15, 0.2) is 11.6 Å². The minimum atomic E-state index is -2.72. The van der Waals surface area contributed by atoms with E-state index in [2.05, 4.69) is 20.3 Å². The SMILES string of the molecule is O=C(N1CCC(F)(F)CC1)N(CCCCCc1nc(C2CC2)no1)c1cccc(-c2nc(C3CC3)no2)c1. The molecule has 38 heavy (non-hydrogen) atoms. The van der Waals surface area contributed by atoms with E-state index in [0.29, 0.717) is 42.3 Å². The summed E-state index contributed by atoms with van der Waals surface area (Å²) in [5.41, 5.74) is 1.41. The van der Waals surface area contributed by atoms with Crippen molar-refractivity contribution in [2.45, 2.75) is 82.0 Å². The van der Waals surface area contributed by atoms with Gasteiger partial charge in [0.05, 0.1) is 0 Å². The lowest BCUT2D eigenvalue weighted by Crippen LogP contribution is -2.49. The Balaban J connectivity index is 1.12. The molecule has 0 unspecified atom stereocenters. The highest BCUT2D eigenvalue weighted by molar-refractivity contribution is 5.92. The van der Waals surface area contributed by atoms with Crippen LogP contribution in [0.3, 0.4) is 0 Å². The Morgan fingerprint density at radius 2 is 1.68 bits per heavy atom. The van der Waals surface area contributed by atoms with Gasteiger partial charge < -0.3 is 13.9 Å². The number of alkyl halides is 2. The molecule has 2 amide bonds. The molecule has 9 nitrogen and oxygen atoms in total. The standard InChI is InChI=1S/C27H32F2N6O3/c28-27(29)12-15-34(16-13-27)26(36)35(14-3-1-2-7-22-30-23(32-37-22)18-8-9-18)21-6-4-5-20(17-21)25-31-24(33-38-25)19-10-11-19/h4-6,17-19H,1-3,7-16H2. The summed E-state index contributed by atoms with van der Waals surface area (Å²) in [5.74, 6) is 0.735. The first-order chi connectivity index (χ1) is 18.4. The monoisotopic (exact) mass is 526 g/mol. The van der Waals surface area contributed by atoms with E-state index in [0.717, 1.165) is 62.2 Å². The van der Waals surface area contributed by atoms with Crippen molar-refractivity contribution in [3.8, 4) is 11.5 Å². The van der Waals surface area contributed by atoms with Gasteiger partial charge in [0, 0.05) is 62.0 Å². The quantitative estimate of drug-likeness (QED) is 0.301. The van der Waals surface area contributed by atoms with Gasteiger partial charge in [-0.25, -0.2) is 13.6 Å². The molecule has 3 aliphatic rings. The maximum Gasteiger partial charge on any atom is 0.324 e. The predicted molar refractivity (Wildman–Crippen MR) is 134 cm³/mol. The number of likely N-dealkylation sites (tertiary alicyclic amines) is 1. The second-order valence-electron chi connectivity index (χ2n) is 10.7. The van der Waals surface area contributed by atoms with Gasteiger partial charge in [0.1, 0.15) is 0 Å². The Hall–Kier alpha value is -3.37. The first-order valence-electron chi connectivity index (χ1n) is 13.7. The molecule has 2 saturated carbocycles. The fourth-order valence-electron chi connectivity index (χ4n) is 4.80. The maximum atomic E-state index is 13.8. The number of nitrogens with zero attached hydrogens (tertiary/aromatic N) is 6. The Kier molecular flexibility index (Phi) is 6.84. The highest BCUT2D eigenvalue weighted by Gasteiger charge is 2.37. The number of anilines is 1. The van der Waals surface area contributed by atoms with Crippen LogP contribution in [-0.2, 0) is 6.42 Å². The number of amides is 2. The van der Waals surface area contributed by atoms with E-state index in [-0.39, 0.29) is 32.0 Å². The number of aryl methyl sites for hydroxylation is 1. The number of piperidine rings is 1. The molecule has 1 aliphatic heterocycles. The molecular formula is C27H32F2N6O3. The second-order valence-corrected chi connectivity index (χ2v) is 10.7. The Morgan fingerprint density at radius 1 is 0.974 bits per heavy atom. The fraction of sp³-hybridized carbons (Fsp3) is 0.593. The normalized spacial score (nSPS) is 19.1. The Bertz CT molecular complexity index is 1260. The van der Waals surface area contributed by atoms with Gasteiger partial charge in [-0.05, 0) is 56.7 Å². The smallest absolute Gasteiger partial charge is 0.324 e. The number of carbonyl (C=O) groups is 1. The molecule has 0 N–H and O–H groups in total. The number of rotatable bonds is 10. The minimum Gasteiger partial charge on any atom is -0.339 e. The summed E-state index contributed by atoms with van der Waals surface area (Å²) in [7, 11) is 0. The number of benzene rings is 1. The van der Waals surface area contributed by atoms with Gasteiger partial charge in [0.2, 0.25) is 5.89 Å². The number of aromatic nitrogens is 4. The van der Waals surface area contributed by atoms with Gasteiger partial charge in [-0.15, -0.1) is 0 Å². The van der Waals surface area contributed by atoms with Crippen molar-refractivity contribution in [1.29, 1.82) is 0 Å². The Morgan fingerprint density at radius 3 is 2.42 bits per heavy atom. The third-order valence-corrected chi connectivity index (χ3v) is 7.48. The molecule has 1 aromatic carbocycles. The number of urea groups is 1. The molecule has 3 fully saturated rings. The minimum absolute atomic E-state index is 0.0386. The molecule has 2 aliphatic carbocycles. The summed E-state index contributed by atoms with van der Waals surface area (Å²) in [4.78, 5) is 25.8. The molecule has 3 heterocycles. The summed E-state index contributed by atoms with van der Waals surface area (Å²) < 4.78 is 38.3. The largest absolute Gasteiger partial charge is 0.339 e. The topological polar surface area (TPSA) is 101 Å². The molecule has 0 bridgehead atoms. The van der Waals surface area contributed by atoms with E-state index < -0.39 is 5.92 Å². The summed E-state index contributed by atoms with van der Waals surface area (Å²) >= 11 is 0. The van der Waals surface area contributed by atoms with Crippen LogP contribution in [-0.4, -0.2) is 56.8 Å². The molecule has 11 heteroatoms. The second kappa shape index (κ2) is 10.4. The average molecular weight is 527 g/mol. The van der Waals surface area contributed by atoms with E-state index in [1.807, 2.05) is 24.3 Å². The molecule has 0 spiro atoms. The zero-order chi connectivity index (χ0) is 26.1. The maximum absolute atomic E-state index is 13.8. The van der Waals surface area contributed by atoms with Crippen LogP contribution in [0.1, 0.15) is 87.2 Å². The van der Waals surface area contributed by atoms with Gasteiger partial charge in [-0.2, -0.15) is 9.97 Å². The van der Waals surface area contributed by atoms with Crippen LogP contribution in [0.2, 0.25) is 0 Å². The van der Waals surface area contributed by atoms with E-state index >= 15 is 0 Å². The lowest BCUT2D eigenvalue weighted by atomic mass is 10.1. The molecule has 202 valence electrons. The molecule has 3 aromatic rings. The van der Waals surface area contributed by atoms with E-state index in [4.69, 9.17) is 9.05 Å². The number of unbranched alkanes of at least 4 members (excludes halogenated alkanes) is 2. The van der Waals surface area contributed by atoms with Crippen LogP contribution >= 0.6 is 0 Å². The van der Waals surface area contributed by atoms with Crippen LogP contribution in [0, 0.1) is 0 Å². The number of hydrogen-bond acceptors (Lipinski definition) is 7. The number of halogens is 2. The van der Waals surface area contributed by atoms with Gasteiger partial charge in [-0.1, -0.05) is 22.8 Å². The lowest BCUT2D eigenvalue weighted by molar-refractivity contribution is -0.0465. The van der Waals surface area contributed by atoms with Crippen molar-refractivity contribution in [2.24, 2.45) is 0 Å². The Labute approximate surface area is 219 Å². The zero-order valence-corrected chi connectivity index (χ0v) is 21.3. The van der Waals surface area contributed by atoms with E-state index in [1.165, 1.54) is 4.90 Å². The summed E-state index contributed by atoms with van der Waals surface area (Å²) in [5, 5.41) is 8.16. The van der Waals surface area contributed by atoms with Crippen molar-refractivity contribution in [1.82, 2.24) is 25.2 Å². The predicted octanol–water partition coefficient (Wildman–Crippen LogP) is 5.94. The summed E-state index contributed by atoms with van der Waals surface area (Å²) in [6.07, 6.45) is 6.94. The molecule has 1 saturated heterocycles.